The van der Waals surface area contributed by atoms with Crippen molar-refractivity contribution in [2.24, 2.45) is 0 Å². The van der Waals surface area contributed by atoms with Crippen LogP contribution in [0.1, 0.15) is 17.4 Å². The van der Waals surface area contributed by atoms with Gasteiger partial charge in [-0.25, -0.2) is 4.39 Å². The summed E-state index contributed by atoms with van der Waals surface area (Å²) in [6.45, 7) is 0. The van der Waals surface area contributed by atoms with Gasteiger partial charge in [0.15, 0.2) is 0 Å². The lowest BCUT2D eigenvalue weighted by molar-refractivity contribution is 0.177. The van der Waals surface area contributed by atoms with Gasteiger partial charge < -0.3 is 5.11 Å². The molecule has 0 saturated carbocycles. The number of halogens is 3. The van der Waals surface area contributed by atoms with Crippen LogP contribution in [0, 0.1) is 5.82 Å². The molecule has 0 saturated heterocycles. The molecular formula is C13H10BrClFNO. The van der Waals surface area contributed by atoms with Crippen LogP contribution in [-0.2, 0) is 6.42 Å². The third kappa shape index (κ3) is 3.51. The summed E-state index contributed by atoms with van der Waals surface area (Å²) < 4.78 is 14.0. The zero-order valence-corrected chi connectivity index (χ0v) is 11.6. The van der Waals surface area contributed by atoms with Gasteiger partial charge >= 0.3 is 0 Å². The third-order valence-electron chi connectivity index (χ3n) is 2.46. The molecule has 0 amide bonds. The van der Waals surface area contributed by atoms with Gasteiger partial charge in [-0.1, -0.05) is 11.6 Å². The lowest BCUT2D eigenvalue weighted by Crippen LogP contribution is -2.03. The molecule has 0 aliphatic heterocycles. The second-order valence-electron chi connectivity index (χ2n) is 3.89. The zero-order valence-electron chi connectivity index (χ0n) is 9.28. The first kappa shape index (κ1) is 13.5. The van der Waals surface area contributed by atoms with Gasteiger partial charge in [0.1, 0.15) is 5.82 Å². The van der Waals surface area contributed by atoms with E-state index in [2.05, 4.69) is 20.9 Å². The van der Waals surface area contributed by atoms with Gasteiger partial charge in [0, 0.05) is 27.8 Å². The summed E-state index contributed by atoms with van der Waals surface area (Å²) in [4.78, 5) is 4.16. The summed E-state index contributed by atoms with van der Waals surface area (Å²) >= 11 is 9.03. The summed E-state index contributed by atoms with van der Waals surface area (Å²) in [5, 5.41) is 10.3. The van der Waals surface area contributed by atoms with Gasteiger partial charge in [0.05, 0.1) is 6.10 Å². The van der Waals surface area contributed by atoms with Crippen LogP contribution in [0.4, 0.5) is 4.39 Å². The summed E-state index contributed by atoms with van der Waals surface area (Å²) in [7, 11) is 0. The Morgan fingerprint density at radius 2 is 2.11 bits per heavy atom. The molecule has 1 aromatic heterocycles. The molecule has 2 aromatic rings. The van der Waals surface area contributed by atoms with Crippen molar-refractivity contribution in [2.75, 3.05) is 0 Å². The monoisotopic (exact) mass is 329 g/mol. The molecule has 5 heteroatoms. The molecule has 0 spiro atoms. The van der Waals surface area contributed by atoms with Crippen molar-refractivity contribution in [2.45, 2.75) is 12.5 Å². The van der Waals surface area contributed by atoms with Crippen molar-refractivity contribution in [3.63, 3.8) is 0 Å². The molecule has 0 radical (unpaired) electrons. The van der Waals surface area contributed by atoms with Gasteiger partial charge in [0.2, 0.25) is 0 Å². The molecule has 0 bridgehead atoms. The molecule has 0 aliphatic rings. The van der Waals surface area contributed by atoms with E-state index in [0.717, 1.165) is 10.2 Å². The fraction of sp³-hybridized carbons (Fsp3) is 0.154. The topological polar surface area (TPSA) is 33.1 Å². The number of pyridine rings is 1. The normalized spacial score (nSPS) is 12.4. The maximum absolute atomic E-state index is 13.2. The summed E-state index contributed by atoms with van der Waals surface area (Å²) in [6.07, 6.45) is 1.14. The van der Waals surface area contributed by atoms with Crippen LogP contribution >= 0.6 is 27.5 Å². The Balaban J connectivity index is 2.16. The quantitative estimate of drug-likeness (QED) is 0.925. The number of aromatic nitrogens is 1. The largest absolute Gasteiger partial charge is 0.388 e. The average molecular weight is 331 g/mol. The molecule has 1 N–H and O–H groups in total. The van der Waals surface area contributed by atoms with Crippen molar-refractivity contribution in [1.82, 2.24) is 4.98 Å². The van der Waals surface area contributed by atoms with Crippen LogP contribution in [0.15, 0.2) is 41.0 Å². The van der Waals surface area contributed by atoms with Crippen molar-refractivity contribution in [3.05, 3.63) is 63.1 Å². The molecule has 1 heterocycles. The number of aliphatic hydroxyl groups excluding tert-OH is 1. The number of benzene rings is 1. The molecule has 0 fully saturated rings. The van der Waals surface area contributed by atoms with Crippen molar-refractivity contribution in [3.8, 4) is 0 Å². The first-order chi connectivity index (χ1) is 8.54. The molecular weight excluding hydrogens is 321 g/mol. The number of hydrogen-bond donors (Lipinski definition) is 1. The van der Waals surface area contributed by atoms with E-state index in [0.29, 0.717) is 12.0 Å². The first-order valence-electron chi connectivity index (χ1n) is 5.29. The minimum absolute atomic E-state index is 0.271. The van der Waals surface area contributed by atoms with E-state index < -0.39 is 11.9 Å². The van der Waals surface area contributed by atoms with Crippen molar-refractivity contribution in [1.29, 1.82) is 0 Å². The summed E-state index contributed by atoms with van der Waals surface area (Å²) in [6, 6.07) is 7.67. The number of aliphatic hydroxyl groups is 1. The van der Waals surface area contributed by atoms with E-state index in [9.17, 15) is 9.50 Å². The predicted molar refractivity (Wildman–Crippen MR) is 72.0 cm³/mol. The average Bonchev–Trinajstić information content (AvgIpc) is 2.31. The Hall–Kier alpha value is -0.970. The van der Waals surface area contributed by atoms with Crippen molar-refractivity contribution >= 4 is 27.5 Å². The fourth-order valence-electron chi connectivity index (χ4n) is 1.61. The van der Waals surface area contributed by atoms with Crippen LogP contribution in [0.3, 0.4) is 0 Å². The molecule has 0 aliphatic carbocycles. The Morgan fingerprint density at radius 1 is 1.33 bits per heavy atom. The lowest BCUT2D eigenvalue weighted by atomic mass is 10.0. The Labute approximate surface area is 118 Å². The molecule has 94 valence electrons. The highest BCUT2D eigenvalue weighted by molar-refractivity contribution is 9.10. The highest BCUT2D eigenvalue weighted by Gasteiger charge is 2.11. The van der Waals surface area contributed by atoms with Crippen LogP contribution < -0.4 is 0 Å². The molecule has 2 rings (SSSR count). The Bertz CT molecular complexity index is 527. The molecule has 18 heavy (non-hydrogen) atoms. The standard InChI is InChI=1S/C13H10BrClFNO/c14-9-1-2-12(17-7-9)6-13(18)8-3-10(15)5-11(16)4-8/h1-5,7,13,18H,6H2. The number of hydrogen-bond acceptors (Lipinski definition) is 2. The highest BCUT2D eigenvalue weighted by atomic mass is 79.9. The predicted octanol–water partition coefficient (Wildman–Crippen LogP) is 3.91. The second-order valence-corrected chi connectivity index (χ2v) is 5.24. The molecule has 1 unspecified atom stereocenters. The maximum Gasteiger partial charge on any atom is 0.125 e. The van der Waals surface area contributed by atoms with Crippen LogP contribution in [-0.4, -0.2) is 10.1 Å². The number of nitrogens with zero attached hydrogens (tertiary/aromatic N) is 1. The third-order valence-corrected chi connectivity index (χ3v) is 3.15. The van der Waals surface area contributed by atoms with Crippen molar-refractivity contribution < 1.29 is 9.50 Å². The van der Waals surface area contributed by atoms with E-state index in [1.165, 1.54) is 12.1 Å². The summed E-state index contributed by atoms with van der Waals surface area (Å²) in [5.41, 5.74) is 1.18. The van der Waals surface area contributed by atoms with E-state index in [4.69, 9.17) is 11.6 Å². The Morgan fingerprint density at radius 3 is 2.72 bits per heavy atom. The van der Waals surface area contributed by atoms with Crippen LogP contribution in [0.2, 0.25) is 5.02 Å². The second kappa shape index (κ2) is 5.78. The smallest absolute Gasteiger partial charge is 0.125 e. The van der Waals surface area contributed by atoms with E-state index in [1.807, 2.05) is 6.07 Å². The lowest BCUT2D eigenvalue weighted by Gasteiger charge is -2.11. The molecule has 1 atom stereocenters. The first-order valence-corrected chi connectivity index (χ1v) is 6.46. The van der Waals surface area contributed by atoms with Gasteiger partial charge in [-0.3, -0.25) is 4.98 Å². The number of rotatable bonds is 3. The summed E-state index contributed by atoms with van der Waals surface area (Å²) in [5.74, 6) is -0.458. The minimum atomic E-state index is -0.827. The van der Waals surface area contributed by atoms with E-state index in [-0.39, 0.29) is 5.02 Å². The van der Waals surface area contributed by atoms with Crippen LogP contribution in [0.5, 0.6) is 0 Å². The van der Waals surface area contributed by atoms with E-state index in [1.54, 1.807) is 18.3 Å². The highest BCUT2D eigenvalue weighted by Crippen LogP contribution is 2.22. The Kier molecular flexibility index (Phi) is 4.32. The van der Waals surface area contributed by atoms with Gasteiger partial charge in [0.25, 0.3) is 0 Å². The zero-order chi connectivity index (χ0) is 13.1. The maximum atomic E-state index is 13.2. The fourth-order valence-corrected chi connectivity index (χ4v) is 2.08. The molecule has 2 nitrogen and oxygen atoms in total. The van der Waals surface area contributed by atoms with E-state index >= 15 is 0 Å². The SMILES string of the molecule is OC(Cc1ccc(Br)cn1)c1cc(F)cc(Cl)c1. The van der Waals surface area contributed by atoms with Crippen LogP contribution in [0.25, 0.3) is 0 Å². The van der Waals surface area contributed by atoms with Gasteiger partial charge in [-0.15, -0.1) is 0 Å². The molecule has 1 aromatic carbocycles. The minimum Gasteiger partial charge on any atom is -0.388 e. The van der Waals surface area contributed by atoms with Gasteiger partial charge in [-0.2, -0.15) is 0 Å². The van der Waals surface area contributed by atoms with Gasteiger partial charge in [-0.05, 0) is 51.8 Å².